The lowest BCUT2D eigenvalue weighted by Crippen LogP contribution is -2.35. The molecule has 0 atom stereocenters. The van der Waals surface area contributed by atoms with Gasteiger partial charge in [-0.2, -0.15) is 0 Å². The van der Waals surface area contributed by atoms with Crippen molar-refractivity contribution in [3.8, 4) is 0 Å². The molecule has 0 bridgehead atoms. The summed E-state index contributed by atoms with van der Waals surface area (Å²) in [6.45, 7) is 9.18. The molecule has 0 saturated carbocycles. The number of aromatic nitrogens is 3. The molecule has 0 saturated heterocycles. The Morgan fingerprint density at radius 1 is 1.33 bits per heavy atom. The van der Waals surface area contributed by atoms with Crippen LogP contribution in [-0.2, 0) is 32.5 Å². The van der Waals surface area contributed by atoms with E-state index < -0.39 is 0 Å². The number of aryl methyl sites for hydroxylation is 1. The summed E-state index contributed by atoms with van der Waals surface area (Å²) in [4.78, 5) is 22.5. The summed E-state index contributed by atoms with van der Waals surface area (Å²) in [6, 6.07) is 8.48. The molecule has 140 valence electrons. The molecule has 1 aliphatic heterocycles. The van der Waals surface area contributed by atoms with Crippen molar-refractivity contribution in [3.05, 3.63) is 76.1 Å². The molecule has 27 heavy (non-hydrogen) atoms. The standard InChI is InChI=1S/C22H26N4O/c1-3-7-21-23-19-10-12-25(15-18(19)22(27)24-21)13-16-14-26(11-4-2)20-9-6-5-8-17(16)20/h4-6,8-9,14H,2-3,7,10-13,15H2,1H3,(H,23,24,27). The summed E-state index contributed by atoms with van der Waals surface area (Å²) in [5, 5.41) is 1.27. The maximum Gasteiger partial charge on any atom is 0.255 e. The number of allylic oxidation sites excluding steroid dienone is 1. The molecule has 0 aliphatic carbocycles. The van der Waals surface area contributed by atoms with E-state index >= 15 is 0 Å². The zero-order chi connectivity index (χ0) is 18.8. The highest BCUT2D eigenvalue weighted by atomic mass is 16.1. The predicted octanol–water partition coefficient (Wildman–Crippen LogP) is 3.42. The van der Waals surface area contributed by atoms with Gasteiger partial charge >= 0.3 is 0 Å². The second-order valence-electron chi connectivity index (χ2n) is 7.26. The lowest BCUT2D eigenvalue weighted by atomic mass is 10.1. The first-order valence-electron chi connectivity index (χ1n) is 9.70. The molecule has 5 nitrogen and oxygen atoms in total. The number of H-pyrrole nitrogens is 1. The Morgan fingerprint density at radius 3 is 3.00 bits per heavy atom. The summed E-state index contributed by atoms with van der Waals surface area (Å²) in [5.74, 6) is 0.821. The van der Waals surface area contributed by atoms with Crippen LogP contribution in [-0.4, -0.2) is 26.0 Å². The van der Waals surface area contributed by atoms with Crippen molar-refractivity contribution >= 4 is 10.9 Å². The third kappa shape index (κ3) is 3.47. The van der Waals surface area contributed by atoms with Crippen molar-refractivity contribution in [2.24, 2.45) is 0 Å². The van der Waals surface area contributed by atoms with Crippen LogP contribution in [0.3, 0.4) is 0 Å². The number of nitrogens with zero attached hydrogens (tertiary/aromatic N) is 3. The second kappa shape index (κ2) is 7.53. The van der Waals surface area contributed by atoms with Crippen LogP contribution in [0.5, 0.6) is 0 Å². The first kappa shape index (κ1) is 17.7. The van der Waals surface area contributed by atoms with Crippen molar-refractivity contribution in [2.75, 3.05) is 6.54 Å². The number of nitrogens with one attached hydrogen (secondary N) is 1. The Balaban J connectivity index is 1.60. The first-order chi connectivity index (χ1) is 13.2. The van der Waals surface area contributed by atoms with Crippen LogP contribution in [0.25, 0.3) is 10.9 Å². The average Bonchev–Trinajstić information content (AvgIpc) is 3.01. The second-order valence-corrected chi connectivity index (χ2v) is 7.26. The van der Waals surface area contributed by atoms with E-state index in [9.17, 15) is 4.79 Å². The summed E-state index contributed by atoms with van der Waals surface area (Å²) < 4.78 is 2.24. The van der Waals surface area contributed by atoms with E-state index in [1.807, 2.05) is 6.08 Å². The molecule has 5 heteroatoms. The average molecular weight is 362 g/mol. The molecule has 2 aromatic heterocycles. The molecule has 1 aliphatic rings. The van der Waals surface area contributed by atoms with Gasteiger partial charge in [0.2, 0.25) is 0 Å². The van der Waals surface area contributed by atoms with Gasteiger partial charge in [0, 0.05) is 56.1 Å². The molecule has 3 aromatic rings. The van der Waals surface area contributed by atoms with E-state index in [1.54, 1.807) is 0 Å². The minimum absolute atomic E-state index is 0.0298. The molecule has 0 amide bonds. The van der Waals surface area contributed by atoms with Crippen LogP contribution >= 0.6 is 0 Å². The minimum Gasteiger partial charge on any atom is -0.343 e. The van der Waals surface area contributed by atoms with E-state index in [0.717, 1.165) is 56.0 Å². The van der Waals surface area contributed by atoms with Gasteiger partial charge in [-0.25, -0.2) is 4.98 Å². The zero-order valence-electron chi connectivity index (χ0n) is 15.9. The van der Waals surface area contributed by atoms with Gasteiger partial charge in [-0.1, -0.05) is 31.2 Å². The van der Waals surface area contributed by atoms with Crippen molar-refractivity contribution in [3.63, 3.8) is 0 Å². The van der Waals surface area contributed by atoms with Gasteiger partial charge in [0.1, 0.15) is 5.82 Å². The highest BCUT2D eigenvalue weighted by Crippen LogP contribution is 2.24. The van der Waals surface area contributed by atoms with Gasteiger partial charge in [-0.05, 0) is 18.1 Å². The Morgan fingerprint density at radius 2 is 2.19 bits per heavy atom. The van der Waals surface area contributed by atoms with Gasteiger partial charge in [0.15, 0.2) is 0 Å². The Hall–Kier alpha value is -2.66. The molecule has 4 rings (SSSR count). The number of hydrogen-bond acceptors (Lipinski definition) is 3. The molecule has 1 N–H and O–H groups in total. The van der Waals surface area contributed by atoms with Gasteiger partial charge in [-0.3, -0.25) is 9.69 Å². The van der Waals surface area contributed by atoms with Crippen LogP contribution < -0.4 is 5.56 Å². The lowest BCUT2D eigenvalue weighted by Gasteiger charge is -2.27. The van der Waals surface area contributed by atoms with E-state index in [4.69, 9.17) is 0 Å². The fourth-order valence-corrected chi connectivity index (χ4v) is 4.00. The summed E-state index contributed by atoms with van der Waals surface area (Å²) >= 11 is 0. The van der Waals surface area contributed by atoms with Crippen LogP contribution in [0.2, 0.25) is 0 Å². The number of fused-ring (bicyclic) bond motifs is 2. The fraction of sp³-hybridized carbons (Fsp3) is 0.364. The monoisotopic (exact) mass is 362 g/mol. The summed E-state index contributed by atoms with van der Waals surface area (Å²) in [5.41, 5.74) is 4.36. The Bertz CT molecular complexity index is 1030. The predicted molar refractivity (Wildman–Crippen MR) is 109 cm³/mol. The molecular weight excluding hydrogens is 336 g/mol. The summed E-state index contributed by atoms with van der Waals surface area (Å²) in [6.07, 6.45) is 6.79. The smallest absolute Gasteiger partial charge is 0.255 e. The Kier molecular flexibility index (Phi) is 4.94. The number of benzene rings is 1. The van der Waals surface area contributed by atoms with Crippen LogP contribution in [0.1, 0.15) is 36.0 Å². The lowest BCUT2D eigenvalue weighted by molar-refractivity contribution is 0.242. The molecule has 0 spiro atoms. The molecule has 0 fully saturated rings. The van der Waals surface area contributed by atoms with E-state index in [0.29, 0.717) is 6.54 Å². The van der Waals surface area contributed by atoms with Crippen molar-refractivity contribution in [1.82, 2.24) is 19.4 Å². The van der Waals surface area contributed by atoms with Crippen molar-refractivity contribution in [1.29, 1.82) is 0 Å². The quantitative estimate of drug-likeness (QED) is 0.684. The third-order valence-corrected chi connectivity index (χ3v) is 5.27. The van der Waals surface area contributed by atoms with E-state index in [-0.39, 0.29) is 5.56 Å². The first-order valence-corrected chi connectivity index (χ1v) is 9.70. The maximum absolute atomic E-state index is 12.5. The number of para-hydroxylation sites is 1. The van der Waals surface area contributed by atoms with E-state index in [2.05, 4.69) is 63.4 Å². The molecule has 0 radical (unpaired) electrons. The fourth-order valence-electron chi connectivity index (χ4n) is 4.00. The van der Waals surface area contributed by atoms with Crippen LogP contribution in [0.4, 0.5) is 0 Å². The SMILES string of the molecule is C=CCn1cc(CN2CCc3nc(CCC)[nH]c(=O)c3C2)c2ccccc21. The highest BCUT2D eigenvalue weighted by Gasteiger charge is 2.22. The number of aromatic amines is 1. The van der Waals surface area contributed by atoms with Gasteiger partial charge in [0.05, 0.1) is 11.3 Å². The van der Waals surface area contributed by atoms with E-state index in [1.165, 1.54) is 16.5 Å². The van der Waals surface area contributed by atoms with Crippen LogP contribution in [0, 0.1) is 0 Å². The van der Waals surface area contributed by atoms with Gasteiger partial charge in [0.25, 0.3) is 5.56 Å². The zero-order valence-corrected chi connectivity index (χ0v) is 15.9. The van der Waals surface area contributed by atoms with Crippen molar-refractivity contribution in [2.45, 2.75) is 45.8 Å². The molecule has 1 aromatic carbocycles. The number of hydrogen-bond donors (Lipinski definition) is 1. The largest absolute Gasteiger partial charge is 0.343 e. The third-order valence-electron chi connectivity index (χ3n) is 5.27. The summed E-state index contributed by atoms with van der Waals surface area (Å²) in [7, 11) is 0. The minimum atomic E-state index is 0.0298. The normalized spacial score (nSPS) is 14.4. The number of rotatable bonds is 6. The maximum atomic E-state index is 12.5. The molecule has 3 heterocycles. The van der Waals surface area contributed by atoms with Crippen molar-refractivity contribution < 1.29 is 0 Å². The van der Waals surface area contributed by atoms with Gasteiger partial charge in [-0.15, -0.1) is 6.58 Å². The van der Waals surface area contributed by atoms with Gasteiger partial charge < -0.3 is 9.55 Å². The van der Waals surface area contributed by atoms with Crippen LogP contribution in [0.15, 0.2) is 47.9 Å². The molecular formula is C22H26N4O. The highest BCUT2D eigenvalue weighted by molar-refractivity contribution is 5.84. The topological polar surface area (TPSA) is 53.9 Å². The Labute approximate surface area is 159 Å². The molecule has 0 unspecified atom stereocenters.